The van der Waals surface area contributed by atoms with Crippen molar-refractivity contribution in [3.05, 3.63) is 65.7 Å². The molecule has 0 spiro atoms. The molecular weight excluding hydrogens is 388 g/mol. The molecule has 1 heterocycles. The van der Waals surface area contributed by atoms with Crippen molar-refractivity contribution in [2.75, 3.05) is 44.2 Å². The van der Waals surface area contributed by atoms with E-state index in [-0.39, 0.29) is 12.3 Å². The molecule has 0 bridgehead atoms. The maximum absolute atomic E-state index is 13.0. The number of amides is 2. The Balaban J connectivity index is 1.51. The number of primary amides is 1. The molecule has 2 N–H and O–H groups in total. The molecule has 1 aliphatic heterocycles. The number of piperazine rings is 1. The minimum atomic E-state index is -0.399. The maximum Gasteiger partial charge on any atom is 0.241 e. The van der Waals surface area contributed by atoms with Crippen molar-refractivity contribution in [2.45, 2.75) is 32.7 Å². The lowest BCUT2D eigenvalue weighted by Crippen LogP contribution is -2.50. The van der Waals surface area contributed by atoms with Gasteiger partial charge in [0.1, 0.15) is 0 Å². The number of nitrogens with two attached hydrogens (primary N) is 1. The average Bonchev–Trinajstić information content (AvgIpc) is 2.76. The van der Waals surface area contributed by atoms with Crippen LogP contribution in [0.4, 0.5) is 5.69 Å². The molecule has 31 heavy (non-hydrogen) atoms. The zero-order valence-electron chi connectivity index (χ0n) is 18.7. The minimum absolute atomic E-state index is 0.00479. The van der Waals surface area contributed by atoms with Gasteiger partial charge in [0.25, 0.3) is 0 Å². The van der Waals surface area contributed by atoms with Gasteiger partial charge in [0, 0.05) is 51.4 Å². The van der Waals surface area contributed by atoms with E-state index in [1.165, 1.54) is 11.1 Å². The Morgan fingerprint density at radius 3 is 2.13 bits per heavy atom. The third-order valence-corrected chi connectivity index (χ3v) is 5.83. The molecule has 2 aromatic rings. The number of hydrogen-bond acceptors (Lipinski definition) is 4. The maximum atomic E-state index is 13.0. The highest BCUT2D eigenvalue weighted by atomic mass is 16.2. The first kappa shape index (κ1) is 23.0. The first-order chi connectivity index (χ1) is 14.9. The van der Waals surface area contributed by atoms with Crippen LogP contribution in [0, 0.1) is 0 Å². The molecule has 166 valence electrons. The lowest BCUT2D eigenvalue weighted by atomic mass is 10.0. The van der Waals surface area contributed by atoms with Gasteiger partial charge >= 0.3 is 0 Å². The number of benzene rings is 2. The highest BCUT2D eigenvalue weighted by Crippen LogP contribution is 2.17. The van der Waals surface area contributed by atoms with E-state index in [0.29, 0.717) is 19.0 Å². The lowest BCUT2D eigenvalue weighted by Gasteiger charge is -2.35. The molecule has 0 unspecified atom stereocenters. The van der Waals surface area contributed by atoms with E-state index in [1.807, 2.05) is 30.3 Å². The number of carbonyl (C=O) groups excluding carboxylic acids is 2. The SMILES string of the molecule is CC(C)c1ccc(CN2CCN(CC(=O)N(CCC(N)=O)c3ccccc3)CC2)cc1. The summed E-state index contributed by atoms with van der Waals surface area (Å²) in [6.45, 7) is 9.61. The van der Waals surface area contributed by atoms with Gasteiger partial charge in [0.05, 0.1) is 6.54 Å². The zero-order valence-corrected chi connectivity index (χ0v) is 18.7. The monoisotopic (exact) mass is 422 g/mol. The lowest BCUT2D eigenvalue weighted by molar-refractivity contribution is -0.120. The predicted molar refractivity (Wildman–Crippen MR) is 125 cm³/mol. The van der Waals surface area contributed by atoms with E-state index in [2.05, 4.69) is 47.9 Å². The number of carbonyl (C=O) groups is 2. The highest BCUT2D eigenvalue weighted by Gasteiger charge is 2.23. The molecule has 0 aromatic heterocycles. The Kier molecular flexibility index (Phi) is 8.20. The van der Waals surface area contributed by atoms with Crippen molar-refractivity contribution >= 4 is 17.5 Å². The molecule has 0 radical (unpaired) electrons. The van der Waals surface area contributed by atoms with E-state index < -0.39 is 5.91 Å². The average molecular weight is 423 g/mol. The quantitative estimate of drug-likeness (QED) is 0.675. The minimum Gasteiger partial charge on any atom is -0.370 e. The van der Waals surface area contributed by atoms with E-state index in [0.717, 1.165) is 38.4 Å². The Morgan fingerprint density at radius 1 is 0.935 bits per heavy atom. The third-order valence-electron chi connectivity index (χ3n) is 5.83. The molecule has 6 nitrogen and oxygen atoms in total. The smallest absolute Gasteiger partial charge is 0.241 e. The summed E-state index contributed by atoms with van der Waals surface area (Å²) in [7, 11) is 0. The van der Waals surface area contributed by atoms with Crippen LogP contribution < -0.4 is 10.6 Å². The number of nitrogens with zero attached hydrogens (tertiary/aromatic N) is 3. The van der Waals surface area contributed by atoms with Crippen LogP contribution in [-0.4, -0.2) is 60.9 Å². The van der Waals surface area contributed by atoms with E-state index in [1.54, 1.807) is 4.90 Å². The fourth-order valence-corrected chi connectivity index (χ4v) is 3.88. The van der Waals surface area contributed by atoms with Crippen molar-refractivity contribution in [1.29, 1.82) is 0 Å². The molecule has 0 atom stereocenters. The summed E-state index contributed by atoms with van der Waals surface area (Å²) in [4.78, 5) is 30.6. The molecular formula is C25H34N4O2. The summed E-state index contributed by atoms with van der Waals surface area (Å²) < 4.78 is 0. The van der Waals surface area contributed by atoms with Gasteiger partial charge in [-0.1, -0.05) is 56.3 Å². The molecule has 1 fully saturated rings. The van der Waals surface area contributed by atoms with Crippen LogP contribution in [0.15, 0.2) is 54.6 Å². The summed E-state index contributed by atoms with van der Waals surface area (Å²) in [5.74, 6) is 0.155. The Hall–Kier alpha value is -2.70. The molecule has 3 rings (SSSR count). The van der Waals surface area contributed by atoms with Crippen LogP contribution in [0.1, 0.15) is 37.3 Å². The van der Waals surface area contributed by atoms with Gasteiger partial charge in [0.15, 0.2) is 0 Å². The number of rotatable bonds is 9. The number of hydrogen-bond donors (Lipinski definition) is 1. The van der Waals surface area contributed by atoms with Gasteiger partial charge in [-0.15, -0.1) is 0 Å². The largest absolute Gasteiger partial charge is 0.370 e. The topological polar surface area (TPSA) is 69.9 Å². The summed E-state index contributed by atoms with van der Waals surface area (Å²) in [5.41, 5.74) is 8.81. The van der Waals surface area contributed by atoms with Crippen molar-refractivity contribution in [3.8, 4) is 0 Å². The van der Waals surface area contributed by atoms with E-state index in [4.69, 9.17) is 5.73 Å². The van der Waals surface area contributed by atoms with Gasteiger partial charge in [-0.05, 0) is 29.2 Å². The fourth-order valence-electron chi connectivity index (χ4n) is 3.88. The van der Waals surface area contributed by atoms with Crippen LogP contribution in [0.2, 0.25) is 0 Å². The molecule has 1 saturated heterocycles. The molecule has 1 aliphatic rings. The second-order valence-electron chi connectivity index (χ2n) is 8.55. The third kappa shape index (κ3) is 6.91. The first-order valence-corrected chi connectivity index (χ1v) is 11.1. The molecule has 2 amide bonds. The first-order valence-electron chi connectivity index (χ1n) is 11.1. The van der Waals surface area contributed by atoms with Crippen LogP contribution >= 0.6 is 0 Å². The summed E-state index contributed by atoms with van der Waals surface area (Å²) in [6.07, 6.45) is 0.157. The van der Waals surface area contributed by atoms with Crippen LogP contribution in [-0.2, 0) is 16.1 Å². The van der Waals surface area contributed by atoms with Crippen LogP contribution in [0.25, 0.3) is 0 Å². The Bertz CT molecular complexity index is 844. The summed E-state index contributed by atoms with van der Waals surface area (Å²) >= 11 is 0. The standard InChI is InChI=1S/C25H34N4O2/c1-20(2)22-10-8-21(9-11-22)18-27-14-16-28(17-15-27)19-25(31)29(13-12-24(26)30)23-6-4-3-5-7-23/h3-11,20H,12-19H2,1-2H3,(H2,26,30). The summed E-state index contributed by atoms with van der Waals surface area (Å²) in [5, 5.41) is 0. The molecule has 2 aromatic carbocycles. The summed E-state index contributed by atoms with van der Waals surface area (Å²) in [6, 6.07) is 18.4. The van der Waals surface area contributed by atoms with Crippen molar-refractivity contribution in [1.82, 2.24) is 9.80 Å². The Labute approximate surface area is 185 Å². The zero-order chi connectivity index (χ0) is 22.2. The van der Waals surface area contributed by atoms with E-state index in [9.17, 15) is 9.59 Å². The molecule has 6 heteroatoms. The highest BCUT2D eigenvalue weighted by molar-refractivity contribution is 5.95. The predicted octanol–water partition coefficient (Wildman–Crippen LogP) is 2.84. The fraction of sp³-hybridized carbons (Fsp3) is 0.440. The second-order valence-corrected chi connectivity index (χ2v) is 8.55. The van der Waals surface area contributed by atoms with Gasteiger partial charge in [-0.3, -0.25) is 19.4 Å². The van der Waals surface area contributed by atoms with Crippen LogP contribution in [0.5, 0.6) is 0 Å². The number of para-hydroxylation sites is 1. The molecule has 0 aliphatic carbocycles. The normalized spacial score (nSPS) is 15.2. The van der Waals surface area contributed by atoms with Crippen molar-refractivity contribution in [3.63, 3.8) is 0 Å². The second kappa shape index (κ2) is 11.1. The van der Waals surface area contributed by atoms with E-state index >= 15 is 0 Å². The van der Waals surface area contributed by atoms with Gasteiger partial charge in [0.2, 0.25) is 11.8 Å². The Morgan fingerprint density at radius 2 is 1.55 bits per heavy atom. The van der Waals surface area contributed by atoms with Gasteiger partial charge in [-0.25, -0.2) is 0 Å². The number of anilines is 1. The van der Waals surface area contributed by atoms with Crippen molar-refractivity contribution < 1.29 is 9.59 Å². The van der Waals surface area contributed by atoms with Gasteiger partial charge < -0.3 is 10.6 Å². The van der Waals surface area contributed by atoms with Crippen LogP contribution in [0.3, 0.4) is 0 Å². The van der Waals surface area contributed by atoms with Crippen molar-refractivity contribution in [2.24, 2.45) is 5.73 Å². The van der Waals surface area contributed by atoms with Gasteiger partial charge in [-0.2, -0.15) is 0 Å². The molecule has 0 saturated carbocycles.